The van der Waals surface area contributed by atoms with Gasteiger partial charge in [0.1, 0.15) is 0 Å². The highest BCUT2D eigenvalue weighted by Crippen LogP contribution is 2.42. The Balaban J connectivity index is 1.76. The summed E-state index contributed by atoms with van der Waals surface area (Å²) in [5.41, 5.74) is 0. The van der Waals surface area contributed by atoms with E-state index in [4.69, 9.17) is 0 Å². The van der Waals surface area contributed by atoms with E-state index >= 15 is 0 Å². The predicted octanol–water partition coefficient (Wildman–Crippen LogP) is 5.81. The molecule has 0 aromatic rings. The second-order valence-electron chi connectivity index (χ2n) is 6.65. The molecule has 0 amide bonds. The Morgan fingerprint density at radius 3 is 1.76 bits per heavy atom. The van der Waals surface area contributed by atoms with Crippen LogP contribution in [-0.2, 0) is 0 Å². The largest absolute Gasteiger partial charge is 0.0651 e. The lowest BCUT2D eigenvalue weighted by Crippen LogP contribution is -2.26. The van der Waals surface area contributed by atoms with E-state index in [2.05, 4.69) is 13.8 Å². The van der Waals surface area contributed by atoms with Crippen LogP contribution in [0.25, 0.3) is 0 Å². The molecule has 0 heteroatoms. The van der Waals surface area contributed by atoms with Crippen LogP contribution in [0.5, 0.6) is 0 Å². The van der Waals surface area contributed by atoms with Crippen LogP contribution in [0, 0.1) is 23.7 Å². The molecular formula is C17H32. The molecule has 0 bridgehead atoms. The molecule has 100 valence electrons. The summed E-state index contributed by atoms with van der Waals surface area (Å²) in [6, 6.07) is 0. The van der Waals surface area contributed by atoms with Gasteiger partial charge >= 0.3 is 0 Å². The van der Waals surface area contributed by atoms with Gasteiger partial charge in [0.2, 0.25) is 0 Å². The summed E-state index contributed by atoms with van der Waals surface area (Å²) < 4.78 is 0. The Bertz CT molecular complexity index is 190. The van der Waals surface area contributed by atoms with Gasteiger partial charge in [0.15, 0.2) is 0 Å². The van der Waals surface area contributed by atoms with E-state index in [0.29, 0.717) is 0 Å². The van der Waals surface area contributed by atoms with Crippen LogP contribution in [0.15, 0.2) is 0 Å². The van der Waals surface area contributed by atoms with Crippen molar-refractivity contribution in [2.24, 2.45) is 23.7 Å². The first-order valence-electron chi connectivity index (χ1n) is 8.35. The minimum Gasteiger partial charge on any atom is -0.0651 e. The van der Waals surface area contributed by atoms with Gasteiger partial charge in [-0.3, -0.25) is 0 Å². The minimum absolute atomic E-state index is 1.03. The molecule has 2 rings (SSSR count). The summed E-state index contributed by atoms with van der Waals surface area (Å²) >= 11 is 0. The SMILES string of the molecule is CCC(CC)C1CCC(C2CCCCC2)CC1. The van der Waals surface area contributed by atoms with Crippen molar-refractivity contribution in [1.29, 1.82) is 0 Å². The zero-order chi connectivity index (χ0) is 12.1. The molecule has 0 unspecified atom stereocenters. The second kappa shape index (κ2) is 6.81. The molecule has 0 spiro atoms. The first-order valence-corrected chi connectivity index (χ1v) is 8.35. The smallest absolute Gasteiger partial charge is 0.0386 e. The van der Waals surface area contributed by atoms with E-state index in [0.717, 1.165) is 23.7 Å². The third-order valence-corrected chi connectivity index (χ3v) is 5.85. The number of hydrogen-bond donors (Lipinski definition) is 0. The Labute approximate surface area is 109 Å². The van der Waals surface area contributed by atoms with Crippen molar-refractivity contribution in [2.75, 3.05) is 0 Å². The van der Waals surface area contributed by atoms with Gasteiger partial charge in [-0.05, 0) is 49.4 Å². The molecule has 2 saturated carbocycles. The van der Waals surface area contributed by atoms with Crippen molar-refractivity contribution in [3.05, 3.63) is 0 Å². The van der Waals surface area contributed by atoms with Crippen LogP contribution in [0.2, 0.25) is 0 Å². The molecular weight excluding hydrogens is 204 g/mol. The molecule has 0 radical (unpaired) electrons. The third-order valence-electron chi connectivity index (χ3n) is 5.85. The maximum Gasteiger partial charge on any atom is -0.0386 e. The standard InChI is InChI=1S/C17H32/c1-3-14(4-2)16-10-12-17(13-11-16)15-8-6-5-7-9-15/h14-17H,3-13H2,1-2H3. The van der Waals surface area contributed by atoms with Gasteiger partial charge in [-0.2, -0.15) is 0 Å². The van der Waals surface area contributed by atoms with E-state index in [9.17, 15) is 0 Å². The Hall–Kier alpha value is 0. The van der Waals surface area contributed by atoms with Crippen LogP contribution in [-0.4, -0.2) is 0 Å². The van der Waals surface area contributed by atoms with E-state index < -0.39 is 0 Å². The van der Waals surface area contributed by atoms with Crippen LogP contribution in [0.1, 0.15) is 84.5 Å². The molecule has 0 atom stereocenters. The Morgan fingerprint density at radius 2 is 1.24 bits per heavy atom. The summed E-state index contributed by atoms with van der Waals surface area (Å²) in [5.74, 6) is 4.33. The minimum atomic E-state index is 1.03. The van der Waals surface area contributed by atoms with Crippen molar-refractivity contribution >= 4 is 0 Å². The van der Waals surface area contributed by atoms with E-state index in [1.54, 1.807) is 38.5 Å². The molecule has 0 nitrogen and oxygen atoms in total. The zero-order valence-corrected chi connectivity index (χ0v) is 12.1. The van der Waals surface area contributed by atoms with Gasteiger partial charge in [0, 0.05) is 0 Å². The lowest BCUT2D eigenvalue weighted by molar-refractivity contribution is 0.135. The van der Waals surface area contributed by atoms with Crippen LogP contribution >= 0.6 is 0 Å². The van der Waals surface area contributed by atoms with Crippen molar-refractivity contribution in [3.8, 4) is 0 Å². The van der Waals surface area contributed by atoms with Gasteiger partial charge in [0.25, 0.3) is 0 Å². The third kappa shape index (κ3) is 3.48. The summed E-state index contributed by atoms with van der Waals surface area (Å²) in [4.78, 5) is 0. The fraction of sp³-hybridized carbons (Fsp3) is 1.00. The molecule has 2 fully saturated rings. The highest BCUT2D eigenvalue weighted by molar-refractivity contribution is 4.82. The Kier molecular flexibility index (Phi) is 5.38. The molecule has 0 aromatic heterocycles. The average Bonchev–Trinajstić information content (AvgIpc) is 2.42. The van der Waals surface area contributed by atoms with E-state index in [-0.39, 0.29) is 0 Å². The van der Waals surface area contributed by atoms with E-state index in [1.165, 1.54) is 32.1 Å². The van der Waals surface area contributed by atoms with Crippen molar-refractivity contribution in [3.63, 3.8) is 0 Å². The van der Waals surface area contributed by atoms with Crippen molar-refractivity contribution in [1.82, 2.24) is 0 Å². The molecule has 0 heterocycles. The van der Waals surface area contributed by atoms with Crippen molar-refractivity contribution in [2.45, 2.75) is 84.5 Å². The highest BCUT2D eigenvalue weighted by atomic mass is 14.4. The number of hydrogen-bond acceptors (Lipinski definition) is 0. The fourth-order valence-electron chi connectivity index (χ4n) is 4.65. The number of rotatable bonds is 4. The van der Waals surface area contributed by atoms with Gasteiger partial charge in [-0.25, -0.2) is 0 Å². The van der Waals surface area contributed by atoms with Gasteiger partial charge in [-0.15, -0.1) is 0 Å². The van der Waals surface area contributed by atoms with Crippen LogP contribution < -0.4 is 0 Å². The summed E-state index contributed by atoms with van der Waals surface area (Å²) in [5, 5.41) is 0. The maximum absolute atomic E-state index is 2.39. The second-order valence-corrected chi connectivity index (χ2v) is 6.65. The van der Waals surface area contributed by atoms with Gasteiger partial charge < -0.3 is 0 Å². The Morgan fingerprint density at radius 1 is 0.706 bits per heavy atom. The first kappa shape index (κ1) is 13.4. The monoisotopic (exact) mass is 236 g/mol. The molecule has 0 saturated heterocycles. The van der Waals surface area contributed by atoms with Crippen LogP contribution in [0.3, 0.4) is 0 Å². The summed E-state index contributed by atoms with van der Waals surface area (Å²) in [6.45, 7) is 4.78. The molecule has 0 aliphatic heterocycles. The lowest BCUT2D eigenvalue weighted by Gasteiger charge is -2.38. The van der Waals surface area contributed by atoms with E-state index in [1.807, 2.05) is 0 Å². The fourth-order valence-corrected chi connectivity index (χ4v) is 4.65. The van der Waals surface area contributed by atoms with Gasteiger partial charge in [-0.1, -0.05) is 58.8 Å². The normalized spacial score (nSPS) is 31.9. The summed E-state index contributed by atoms with van der Waals surface area (Å²) in [7, 11) is 0. The molecule has 17 heavy (non-hydrogen) atoms. The topological polar surface area (TPSA) is 0 Å². The average molecular weight is 236 g/mol. The first-order chi connectivity index (χ1) is 8.35. The summed E-state index contributed by atoms with van der Waals surface area (Å²) in [6.07, 6.45) is 16.7. The quantitative estimate of drug-likeness (QED) is 0.578. The van der Waals surface area contributed by atoms with Crippen LogP contribution in [0.4, 0.5) is 0 Å². The molecule has 2 aliphatic carbocycles. The molecule has 0 aromatic carbocycles. The molecule has 0 N–H and O–H groups in total. The van der Waals surface area contributed by atoms with Gasteiger partial charge in [0.05, 0.1) is 0 Å². The lowest BCUT2D eigenvalue weighted by atomic mass is 9.68. The molecule has 2 aliphatic rings. The predicted molar refractivity (Wildman–Crippen MR) is 76.1 cm³/mol. The maximum atomic E-state index is 2.39. The van der Waals surface area contributed by atoms with Crippen molar-refractivity contribution < 1.29 is 0 Å². The highest BCUT2D eigenvalue weighted by Gasteiger charge is 2.30. The zero-order valence-electron chi connectivity index (χ0n) is 12.1.